The Morgan fingerprint density at radius 1 is 1.30 bits per heavy atom. The zero-order valence-electron chi connectivity index (χ0n) is 13.1. The highest BCUT2D eigenvalue weighted by atomic mass is 16.5. The molecule has 1 heterocycles. The monoisotopic (exact) mass is 279 g/mol. The maximum Gasteiger partial charge on any atom is 0.191 e. The summed E-state index contributed by atoms with van der Waals surface area (Å²) in [5.41, 5.74) is 0.215. The molecule has 0 amide bonds. The van der Waals surface area contributed by atoms with Crippen LogP contribution in [-0.4, -0.2) is 38.3 Å². The summed E-state index contributed by atoms with van der Waals surface area (Å²) in [4.78, 5) is 4.38. The molecule has 0 bridgehead atoms. The molecule has 3 rings (SSSR count). The molecule has 2 saturated carbocycles. The second kappa shape index (κ2) is 5.55. The second-order valence-corrected chi connectivity index (χ2v) is 7.27. The predicted octanol–water partition coefficient (Wildman–Crippen LogP) is 2.16. The summed E-state index contributed by atoms with van der Waals surface area (Å²) in [7, 11) is 1.87. The van der Waals surface area contributed by atoms with Crippen molar-refractivity contribution in [1.82, 2.24) is 10.6 Å². The minimum absolute atomic E-state index is 0.215. The highest BCUT2D eigenvalue weighted by Gasteiger charge is 2.59. The molecule has 1 saturated heterocycles. The van der Waals surface area contributed by atoms with Crippen molar-refractivity contribution in [3.05, 3.63) is 0 Å². The van der Waals surface area contributed by atoms with E-state index in [1.54, 1.807) is 0 Å². The number of nitrogens with zero attached hydrogens (tertiary/aromatic N) is 1. The summed E-state index contributed by atoms with van der Waals surface area (Å²) in [5, 5.41) is 7.09. The van der Waals surface area contributed by atoms with Gasteiger partial charge in [-0.1, -0.05) is 26.7 Å². The van der Waals surface area contributed by atoms with E-state index in [0.29, 0.717) is 18.1 Å². The zero-order chi connectivity index (χ0) is 14.2. The number of nitrogens with one attached hydrogen (secondary N) is 2. The Kier molecular flexibility index (Phi) is 3.93. The van der Waals surface area contributed by atoms with Crippen molar-refractivity contribution in [2.24, 2.45) is 22.2 Å². The fourth-order valence-electron chi connectivity index (χ4n) is 3.96. The molecule has 4 nitrogen and oxygen atoms in total. The lowest BCUT2D eigenvalue weighted by Crippen LogP contribution is -2.67. The lowest BCUT2D eigenvalue weighted by Gasteiger charge is -2.54. The van der Waals surface area contributed by atoms with E-state index in [4.69, 9.17) is 4.74 Å². The van der Waals surface area contributed by atoms with Crippen molar-refractivity contribution in [3.8, 4) is 0 Å². The number of ether oxygens (including phenoxy) is 1. The topological polar surface area (TPSA) is 45.7 Å². The van der Waals surface area contributed by atoms with Gasteiger partial charge in [0.1, 0.15) is 0 Å². The van der Waals surface area contributed by atoms with E-state index >= 15 is 0 Å². The largest absolute Gasteiger partial charge is 0.377 e. The van der Waals surface area contributed by atoms with Crippen LogP contribution < -0.4 is 10.6 Å². The van der Waals surface area contributed by atoms with Crippen LogP contribution in [0.2, 0.25) is 0 Å². The quantitative estimate of drug-likeness (QED) is 0.460. The summed E-state index contributed by atoms with van der Waals surface area (Å²) in [6.45, 7) is 6.56. The number of hydrogen-bond acceptors (Lipinski definition) is 2. The molecule has 2 N–H and O–H groups in total. The van der Waals surface area contributed by atoms with Gasteiger partial charge in [0.05, 0.1) is 6.10 Å². The first kappa shape index (κ1) is 14.2. The molecule has 20 heavy (non-hydrogen) atoms. The molecule has 3 fully saturated rings. The molecule has 0 spiro atoms. The molecular formula is C16H29N3O. The SMILES string of the molecule is CN=C(NCCCC1CC1)NC1C2CCOC2C1(C)C. The van der Waals surface area contributed by atoms with Crippen LogP contribution in [0, 0.1) is 17.3 Å². The Hall–Kier alpha value is -0.770. The van der Waals surface area contributed by atoms with E-state index < -0.39 is 0 Å². The minimum Gasteiger partial charge on any atom is -0.377 e. The van der Waals surface area contributed by atoms with Gasteiger partial charge in [0.25, 0.3) is 0 Å². The van der Waals surface area contributed by atoms with E-state index in [2.05, 4.69) is 29.5 Å². The van der Waals surface area contributed by atoms with Crippen LogP contribution in [0.5, 0.6) is 0 Å². The molecule has 0 aromatic rings. The number of hydrogen-bond donors (Lipinski definition) is 2. The van der Waals surface area contributed by atoms with Gasteiger partial charge in [-0.15, -0.1) is 0 Å². The van der Waals surface area contributed by atoms with Crippen molar-refractivity contribution in [1.29, 1.82) is 0 Å². The fraction of sp³-hybridized carbons (Fsp3) is 0.938. The van der Waals surface area contributed by atoms with E-state index in [0.717, 1.165) is 25.0 Å². The first-order chi connectivity index (χ1) is 9.63. The number of rotatable bonds is 5. The first-order valence-corrected chi connectivity index (χ1v) is 8.21. The van der Waals surface area contributed by atoms with Gasteiger partial charge in [0.15, 0.2) is 5.96 Å². The Morgan fingerprint density at radius 3 is 2.80 bits per heavy atom. The second-order valence-electron chi connectivity index (χ2n) is 7.27. The summed E-state index contributed by atoms with van der Waals surface area (Å²) in [6.07, 6.45) is 7.16. The Balaban J connectivity index is 1.45. The van der Waals surface area contributed by atoms with Gasteiger partial charge in [-0.3, -0.25) is 4.99 Å². The van der Waals surface area contributed by atoms with Gasteiger partial charge >= 0.3 is 0 Å². The van der Waals surface area contributed by atoms with Crippen molar-refractivity contribution in [2.75, 3.05) is 20.2 Å². The Bertz CT molecular complexity index is 376. The van der Waals surface area contributed by atoms with Crippen LogP contribution >= 0.6 is 0 Å². The molecule has 0 radical (unpaired) electrons. The Morgan fingerprint density at radius 2 is 2.10 bits per heavy atom. The van der Waals surface area contributed by atoms with Crippen LogP contribution in [-0.2, 0) is 4.74 Å². The molecular weight excluding hydrogens is 250 g/mol. The van der Waals surface area contributed by atoms with Gasteiger partial charge in [-0.25, -0.2) is 0 Å². The maximum atomic E-state index is 5.84. The van der Waals surface area contributed by atoms with Crippen LogP contribution in [0.25, 0.3) is 0 Å². The molecule has 4 heteroatoms. The van der Waals surface area contributed by atoms with Crippen LogP contribution in [0.3, 0.4) is 0 Å². The standard InChI is InChI=1S/C16H29N3O/c1-16(2)13(12-8-10-20-14(12)16)19-15(17-3)18-9-4-5-11-6-7-11/h11-14H,4-10H2,1-3H3,(H2,17,18,19). The predicted molar refractivity (Wildman–Crippen MR) is 81.9 cm³/mol. The zero-order valence-corrected chi connectivity index (χ0v) is 13.1. The van der Waals surface area contributed by atoms with Gasteiger partial charge in [-0.2, -0.15) is 0 Å². The molecule has 2 aliphatic carbocycles. The van der Waals surface area contributed by atoms with Gasteiger partial charge in [-0.05, 0) is 25.2 Å². The van der Waals surface area contributed by atoms with Crippen molar-refractivity contribution >= 4 is 5.96 Å². The minimum atomic E-state index is 0.215. The third-order valence-corrected chi connectivity index (χ3v) is 5.39. The summed E-state index contributed by atoms with van der Waals surface area (Å²) in [6, 6.07) is 0.490. The average molecular weight is 279 g/mol. The van der Waals surface area contributed by atoms with Crippen molar-refractivity contribution in [3.63, 3.8) is 0 Å². The highest BCUT2D eigenvalue weighted by molar-refractivity contribution is 5.80. The molecule has 0 aromatic carbocycles. The van der Waals surface area contributed by atoms with Crippen molar-refractivity contribution in [2.45, 2.75) is 58.1 Å². The Labute approximate surface area is 122 Å². The molecule has 3 aliphatic rings. The van der Waals surface area contributed by atoms with E-state index in [1.165, 1.54) is 32.1 Å². The maximum absolute atomic E-state index is 5.84. The number of guanidine groups is 1. The van der Waals surface area contributed by atoms with Crippen LogP contribution in [0.4, 0.5) is 0 Å². The molecule has 0 aromatic heterocycles. The van der Waals surface area contributed by atoms with E-state index in [-0.39, 0.29) is 5.41 Å². The molecule has 1 aliphatic heterocycles. The third kappa shape index (κ3) is 2.67. The smallest absolute Gasteiger partial charge is 0.191 e. The van der Waals surface area contributed by atoms with Crippen LogP contribution in [0.15, 0.2) is 4.99 Å². The van der Waals surface area contributed by atoms with E-state index in [9.17, 15) is 0 Å². The van der Waals surface area contributed by atoms with Crippen LogP contribution in [0.1, 0.15) is 46.0 Å². The summed E-state index contributed by atoms with van der Waals surface area (Å²) < 4.78 is 5.84. The van der Waals surface area contributed by atoms with E-state index in [1.807, 2.05) is 7.05 Å². The number of aliphatic imine (C=N–C) groups is 1. The van der Waals surface area contributed by atoms with Gasteiger partial charge in [0, 0.05) is 37.6 Å². The van der Waals surface area contributed by atoms with Gasteiger partial charge in [0.2, 0.25) is 0 Å². The summed E-state index contributed by atoms with van der Waals surface area (Å²) in [5.74, 6) is 2.65. The molecule has 3 atom stereocenters. The molecule has 3 unspecified atom stereocenters. The van der Waals surface area contributed by atoms with Crippen molar-refractivity contribution < 1.29 is 4.74 Å². The lowest BCUT2D eigenvalue weighted by molar-refractivity contribution is -0.106. The average Bonchev–Trinajstić information content (AvgIpc) is 3.14. The summed E-state index contributed by atoms with van der Waals surface area (Å²) >= 11 is 0. The highest BCUT2D eigenvalue weighted by Crippen LogP contribution is 2.52. The lowest BCUT2D eigenvalue weighted by atomic mass is 9.57. The fourth-order valence-corrected chi connectivity index (χ4v) is 3.96. The number of fused-ring (bicyclic) bond motifs is 1. The molecule has 114 valence electrons. The third-order valence-electron chi connectivity index (χ3n) is 5.39. The normalized spacial score (nSPS) is 35.4. The first-order valence-electron chi connectivity index (χ1n) is 8.21. The van der Waals surface area contributed by atoms with Gasteiger partial charge < -0.3 is 15.4 Å².